The Morgan fingerprint density at radius 1 is 1.29 bits per heavy atom. The van der Waals surface area contributed by atoms with Crippen molar-refractivity contribution < 1.29 is 9.21 Å². The molecule has 0 atom stereocenters. The molecule has 24 heavy (non-hydrogen) atoms. The third kappa shape index (κ3) is 3.91. The molecule has 1 saturated heterocycles. The van der Waals surface area contributed by atoms with Crippen LogP contribution in [0.4, 0.5) is 5.95 Å². The summed E-state index contributed by atoms with van der Waals surface area (Å²) >= 11 is 0. The predicted molar refractivity (Wildman–Crippen MR) is 91.0 cm³/mol. The number of carbonyl (C=O) groups excluding carboxylic acids is 1. The minimum atomic E-state index is -0.217. The highest BCUT2D eigenvalue weighted by Crippen LogP contribution is 2.13. The molecule has 0 radical (unpaired) electrons. The Balaban J connectivity index is 1.68. The van der Waals surface area contributed by atoms with E-state index in [1.807, 2.05) is 13.0 Å². The Kier molecular flexibility index (Phi) is 5.10. The van der Waals surface area contributed by atoms with Gasteiger partial charge in [-0.05, 0) is 31.7 Å². The molecule has 1 fully saturated rings. The summed E-state index contributed by atoms with van der Waals surface area (Å²) in [7, 11) is 0. The second kappa shape index (κ2) is 7.44. The van der Waals surface area contributed by atoms with E-state index in [9.17, 15) is 4.79 Å². The van der Waals surface area contributed by atoms with Crippen LogP contribution in [0.1, 0.15) is 28.9 Å². The average Bonchev–Trinajstić information content (AvgIpc) is 3.12. The monoisotopic (exact) mass is 329 g/mol. The van der Waals surface area contributed by atoms with Crippen LogP contribution >= 0.6 is 0 Å². The maximum atomic E-state index is 12.4. The standard InChI is InChI=1S/C17H23N5O2/c1-3-21-6-8-22(9-7-21)17-19-13(2)11-15(20-17)16(23)18-12-14-5-4-10-24-14/h4-5,10-11H,3,6-9,12H2,1-2H3,(H,18,23). The largest absolute Gasteiger partial charge is 0.467 e. The van der Waals surface area contributed by atoms with Crippen molar-refractivity contribution in [1.29, 1.82) is 0 Å². The van der Waals surface area contributed by atoms with Gasteiger partial charge >= 0.3 is 0 Å². The molecule has 0 unspecified atom stereocenters. The van der Waals surface area contributed by atoms with Crippen molar-refractivity contribution in [3.63, 3.8) is 0 Å². The third-order valence-corrected chi connectivity index (χ3v) is 4.18. The fourth-order valence-electron chi connectivity index (χ4n) is 2.75. The van der Waals surface area contributed by atoms with Gasteiger partial charge in [-0.25, -0.2) is 9.97 Å². The van der Waals surface area contributed by atoms with Gasteiger partial charge in [0, 0.05) is 31.9 Å². The van der Waals surface area contributed by atoms with E-state index in [4.69, 9.17) is 4.42 Å². The van der Waals surface area contributed by atoms with E-state index in [0.717, 1.165) is 38.4 Å². The zero-order valence-electron chi connectivity index (χ0n) is 14.2. The van der Waals surface area contributed by atoms with Gasteiger partial charge in [0.1, 0.15) is 11.5 Å². The van der Waals surface area contributed by atoms with Crippen LogP contribution < -0.4 is 10.2 Å². The van der Waals surface area contributed by atoms with Crippen LogP contribution in [0, 0.1) is 6.92 Å². The first kappa shape index (κ1) is 16.4. The number of nitrogens with one attached hydrogen (secondary N) is 1. The van der Waals surface area contributed by atoms with Crippen molar-refractivity contribution >= 4 is 11.9 Å². The van der Waals surface area contributed by atoms with Crippen LogP contribution in [0.2, 0.25) is 0 Å². The summed E-state index contributed by atoms with van der Waals surface area (Å²) in [6, 6.07) is 5.33. The van der Waals surface area contributed by atoms with E-state index < -0.39 is 0 Å². The van der Waals surface area contributed by atoms with E-state index >= 15 is 0 Å². The van der Waals surface area contributed by atoms with Crippen LogP contribution in [-0.2, 0) is 6.54 Å². The molecule has 1 N–H and O–H groups in total. The van der Waals surface area contributed by atoms with Gasteiger partial charge in [-0.1, -0.05) is 6.92 Å². The molecular formula is C17H23N5O2. The fraction of sp³-hybridized carbons (Fsp3) is 0.471. The van der Waals surface area contributed by atoms with E-state index in [1.54, 1.807) is 18.4 Å². The molecule has 1 aliphatic rings. The second-order valence-corrected chi connectivity index (χ2v) is 5.88. The highest BCUT2D eigenvalue weighted by atomic mass is 16.3. The van der Waals surface area contributed by atoms with Crippen molar-refractivity contribution in [3.05, 3.63) is 41.6 Å². The summed E-state index contributed by atoms with van der Waals surface area (Å²) in [5.74, 6) is 1.13. The van der Waals surface area contributed by atoms with Gasteiger partial charge in [0.05, 0.1) is 12.8 Å². The molecule has 0 aromatic carbocycles. The summed E-state index contributed by atoms with van der Waals surface area (Å²) < 4.78 is 5.22. The number of nitrogens with zero attached hydrogens (tertiary/aromatic N) is 4. The number of rotatable bonds is 5. The molecule has 0 aliphatic carbocycles. The number of aromatic nitrogens is 2. The van der Waals surface area contributed by atoms with Crippen LogP contribution in [0.25, 0.3) is 0 Å². The molecule has 128 valence electrons. The molecule has 7 nitrogen and oxygen atoms in total. The summed E-state index contributed by atoms with van der Waals surface area (Å²) in [6.07, 6.45) is 1.59. The number of hydrogen-bond donors (Lipinski definition) is 1. The van der Waals surface area contributed by atoms with Crippen LogP contribution in [0.15, 0.2) is 28.9 Å². The van der Waals surface area contributed by atoms with Crippen LogP contribution in [-0.4, -0.2) is 53.5 Å². The van der Waals surface area contributed by atoms with Crippen molar-refractivity contribution in [2.75, 3.05) is 37.6 Å². The summed E-state index contributed by atoms with van der Waals surface area (Å²) in [4.78, 5) is 25.8. The number of likely N-dealkylation sites (N-methyl/N-ethyl adjacent to an activating group) is 1. The molecule has 7 heteroatoms. The maximum absolute atomic E-state index is 12.4. The van der Waals surface area contributed by atoms with Gasteiger partial charge in [0.15, 0.2) is 0 Å². The van der Waals surface area contributed by atoms with Gasteiger partial charge in [-0.15, -0.1) is 0 Å². The highest BCUT2D eigenvalue weighted by molar-refractivity contribution is 5.92. The van der Waals surface area contributed by atoms with E-state index in [0.29, 0.717) is 23.9 Å². The fourth-order valence-corrected chi connectivity index (χ4v) is 2.75. The summed E-state index contributed by atoms with van der Waals surface area (Å²) in [5, 5.41) is 2.83. The summed E-state index contributed by atoms with van der Waals surface area (Å²) in [6.45, 7) is 9.20. The first-order chi connectivity index (χ1) is 11.7. The average molecular weight is 329 g/mol. The number of aryl methyl sites for hydroxylation is 1. The van der Waals surface area contributed by atoms with Crippen molar-refractivity contribution in [2.24, 2.45) is 0 Å². The molecule has 0 saturated carbocycles. The predicted octanol–water partition coefficient (Wildman–Crippen LogP) is 1.45. The SMILES string of the molecule is CCN1CCN(c2nc(C)cc(C(=O)NCc3ccco3)n2)CC1. The number of anilines is 1. The number of hydrogen-bond acceptors (Lipinski definition) is 6. The quantitative estimate of drug-likeness (QED) is 0.895. The molecule has 3 rings (SSSR count). The third-order valence-electron chi connectivity index (χ3n) is 4.18. The number of furan rings is 1. The second-order valence-electron chi connectivity index (χ2n) is 5.88. The molecule has 1 amide bonds. The lowest BCUT2D eigenvalue weighted by molar-refractivity contribution is 0.0942. The van der Waals surface area contributed by atoms with Gasteiger partial charge < -0.3 is 19.5 Å². The zero-order chi connectivity index (χ0) is 16.9. The van der Waals surface area contributed by atoms with Crippen molar-refractivity contribution in [1.82, 2.24) is 20.2 Å². The topological polar surface area (TPSA) is 74.5 Å². The molecule has 0 spiro atoms. The molecule has 3 heterocycles. The molecule has 2 aromatic heterocycles. The molecule has 2 aromatic rings. The minimum absolute atomic E-state index is 0.217. The lowest BCUT2D eigenvalue weighted by atomic mass is 10.3. The highest BCUT2D eigenvalue weighted by Gasteiger charge is 2.20. The lowest BCUT2D eigenvalue weighted by Gasteiger charge is -2.34. The molecular weight excluding hydrogens is 306 g/mol. The van der Waals surface area contributed by atoms with Gasteiger partial charge in [0.2, 0.25) is 5.95 Å². The first-order valence-corrected chi connectivity index (χ1v) is 8.29. The van der Waals surface area contributed by atoms with E-state index in [2.05, 4.69) is 32.0 Å². The van der Waals surface area contributed by atoms with E-state index in [1.165, 1.54) is 0 Å². The lowest BCUT2D eigenvalue weighted by Crippen LogP contribution is -2.47. The number of amides is 1. The first-order valence-electron chi connectivity index (χ1n) is 8.29. The van der Waals surface area contributed by atoms with Gasteiger partial charge in [-0.3, -0.25) is 4.79 Å². The minimum Gasteiger partial charge on any atom is -0.467 e. The summed E-state index contributed by atoms with van der Waals surface area (Å²) in [5.41, 5.74) is 1.18. The smallest absolute Gasteiger partial charge is 0.270 e. The Hall–Kier alpha value is -2.41. The number of carbonyl (C=O) groups is 1. The van der Waals surface area contributed by atoms with Gasteiger partial charge in [0.25, 0.3) is 5.91 Å². The van der Waals surface area contributed by atoms with Gasteiger partial charge in [-0.2, -0.15) is 0 Å². The van der Waals surface area contributed by atoms with Crippen molar-refractivity contribution in [2.45, 2.75) is 20.4 Å². The van der Waals surface area contributed by atoms with Crippen LogP contribution in [0.5, 0.6) is 0 Å². The maximum Gasteiger partial charge on any atom is 0.270 e. The van der Waals surface area contributed by atoms with Crippen LogP contribution in [0.3, 0.4) is 0 Å². The Labute approximate surface area is 141 Å². The molecule has 0 bridgehead atoms. The normalized spacial score (nSPS) is 15.5. The zero-order valence-corrected chi connectivity index (χ0v) is 14.2. The number of piperazine rings is 1. The Bertz CT molecular complexity index is 678. The Morgan fingerprint density at radius 3 is 2.75 bits per heavy atom. The van der Waals surface area contributed by atoms with E-state index in [-0.39, 0.29) is 5.91 Å². The Morgan fingerprint density at radius 2 is 2.08 bits per heavy atom. The van der Waals surface area contributed by atoms with Crippen molar-refractivity contribution in [3.8, 4) is 0 Å². The molecule has 1 aliphatic heterocycles.